The van der Waals surface area contributed by atoms with E-state index in [-0.39, 0.29) is 24.3 Å². The number of fused-ring (bicyclic) bond motifs is 1. The van der Waals surface area contributed by atoms with Crippen molar-refractivity contribution in [3.8, 4) is 29.1 Å². The summed E-state index contributed by atoms with van der Waals surface area (Å²) in [5.74, 6) is 1.57. The number of amides is 1. The predicted molar refractivity (Wildman–Crippen MR) is 141 cm³/mol. The van der Waals surface area contributed by atoms with Crippen molar-refractivity contribution >= 4 is 22.8 Å². The number of H-pyrrole nitrogens is 1. The molecule has 38 heavy (non-hydrogen) atoms. The number of rotatable bonds is 9. The maximum Gasteiger partial charge on any atom is 0.256 e. The lowest BCUT2D eigenvalue weighted by atomic mass is 10.1. The average molecular weight is 509 g/mol. The molecule has 3 aromatic carbocycles. The molecule has 5 aromatic rings. The molecule has 0 aliphatic carbocycles. The SMILES string of the molecule is COc1ccc(Cn2nc(NC(=O)c3ccc(OCCO)c(C#N)c3)cc2-c2nc3ccccc3[nH]2)cc1. The topological polar surface area (TPSA) is 138 Å². The second kappa shape index (κ2) is 10.9. The summed E-state index contributed by atoms with van der Waals surface area (Å²) >= 11 is 0. The molecule has 0 fully saturated rings. The number of aliphatic hydroxyl groups is 1. The van der Waals surface area contributed by atoms with E-state index in [9.17, 15) is 10.1 Å². The van der Waals surface area contributed by atoms with Gasteiger partial charge in [0.2, 0.25) is 0 Å². The van der Waals surface area contributed by atoms with Crippen LogP contribution in [0.15, 0.2) is 72.8 Å². The van der Waals surface area contributed by atoms with Crippen molar-refractivity contribution in [3.05, 3.63) is 89.5 Å². The molecule has 10 heteroatoms. The number of aromatic amines is 1. The lowest BCUT2D eigenvalue weighted by Crippen LogP contribution is -2.13. The Bertz CT molecular complexity index is 1600. The molecule has 0 aliphatic heterocycles. The van der Waals surface area contributed by atoms with Crippen LogP contribution in [0.2, 0.25) is 0 Å². The summed E-state index contributed by atoms with van der Waals surface area (Å²) in [6, 6.07) is 23.7. The second-order valence-corrected chi connectivity index (χ2v) is 8.37. The molecular weight excluding hydrogens is 484 g/mol. The summed E-state index contributed by atoms with van der Waals surface area (Å²) < 4.78 is 12.4. The number of anilines is 1. The van der Waals surface area contributed by atoms with Crippen molar-refractivity contribution in [1.29, 1.82) is 5.26 Å². The fourth-order valence-corrected chi connectivity index (χ4v) is 4.00. The molecule has 0 saturated heterocycles. The molecule has 0 atom stereocenters. The Labute approximate surface area is 218 Å². The lowest BCUT2D eigenvalue weighted by molar-refractivity contribution is 0.102. The van der Waals surface area contributed by atoms with Crippen LogP contribution in [-0.4, -0.2) is 51.1 Å². The number of para-hydroxylation sites is 2. The van der Waals surface area contributed by atoms with Crippen LogP contribution in [0.5, 0.6) is 11.5 Å². The number of nitrogens with zero attached hydrogens (tertiary/aromatic N) is 4. The Balaban J connectivity index is 1.45. The smallest absolute Gasteiger partial charge is 0.256 e. The Morgan fingerprint density at radius 3 is 2.68 bits per heavy atom. The van der Waals surface area contributed by atoms with Gasteiger partial charge in [-0.25, -0.2) is 4.98 Å². The molecule has 10 nitrogen and oxygen atoms in total. The number of aromatic nitrogens is 4. The van der Waals surface area contributed by atoms with Gasteiger partial charge in [0.1, 0.15) is 29.9 Å². The molecule has 2 heterocycles. The number of hydrogen-bond acceptors (Lipinski definition) is 7. The third-order valence-corrected chi connectivity index (χ3v) is 5.86. The number of methoxy groups -OCH3 is 1. The predicted octanol–water partition coefficient (Wildman–Crippen LogP) is 3.98. The van der Waals surface area contributed by atoms with E-state index in [4.69, 9.17) is 19.6 Å². The quantitative estimate of drug-likeness (QED) is 0.274. The normalized spacial score (nSPS) is 10.8. The third-order valence-electron chi connectivity index (χ3n) is 5.86. The van der Waals surface area contributed by atoms with Gasteiger partial charge in [-0.15, -0.1) is 0 Å². The highest BCUT2D eigenvalue weighted by Crippen LogP contribution is 2.26. The molecule has 0 radical (unpaired) electrons. The highest BCUT2D eigenvalue weighted by Gasteiger charge is 2.17. The van der Waals surface area contributed by atoms with Gasteiger partial charge in [0, 0.05) is 11.6 Å². The number of ether oxygens (including phenoxy) is 2. The van der Waals surface area contributed by atoms with E-state index < -0.39 is 5.91 Å². The van der Waals surface area contributed by atoms with Gasteiger partial charge in [-0.2, -0.15) is 10.4 Å². The molecule has 1 amide bonds. The highest BCUT2D eigenvalue weighted by molar-refractivity contribution is 6.04. The van der Waals surface area contributed by atoms with Crippen LogP contribution in [0.1, 0.15) is 21.5 Å². The van der Waals surface area contributed by atoms with E-state index in [0.717, 1.165) is 22.3 Å². The van der Waals surface area contributed by atoms with Crippen LogP contribution in [0, 0.1) is 11.3 Å². The number of carbonyl (C=O) groups excluding carboxylic acids is 1. The largest absolute Gasteiger partial charge is 0.497 e. The summed E-state index contributed by atoms with van der Waals surface area (Å²) in [5, 5.41) is 25.9. The number of benzene rings is 3. The molecule has 0 bridgehead atoms. The zero-order valence-electron chi connectivity index (χ0n) is 20.5. The fourth-order valence-electron chi connectivity index (χ4n) is 4.00. The van der Waals surface area contributed by atoms with Crippen LogP contribution in [0.3, 0.4) is 0 Å². The first-order valence-corrected chi connectivity index (χ1v) is 11.8. The summed E-state index contributed by atoms with van der Waals surface area (Å²) in [5.41, 5.74) is 3.85. The van der Waals surface area contributed by atoms with Crippen LogP contribution in [0.4, 0.5) is 5.82 Å². The third kappa shape index (κ3) is 5.18. The summed E-state index contributed by atoms with van der Waals surface area (Å²) in [6.07, 6.45) is 0. The van der Waals surface area contributed by atoms with Crippen molar-refractivity contribution in [2.45, 2.75) is 6.54 Å². The van der Waals surface area contributed by atoms with Gasteiger partial charge in [-0.3, -0.25) is 9.48 Å². The Morgan fingerprint density at radius 2 is 1.95 bits per heavy atom. The molecule has 2 aromatic heterocycles. The van der Waals surface area contributed by atoms with Crippen molar-refractivity contribution in [1.82, 2.24) is 19.7 Å². The number of nitrogens with one attached hydrogen (secondary N) is 2. The maximum absolute atomic E-state index is 13.0. The van der Waals surface area contributed by atoms with Gasteiger partial charge in [-0.05, 0) is 48.0 Å². The van der Waals surface area contributed by atoms with Crippen molar-refractivity contribution in [2.75, 3.05) is 25.6 Å². The van der Waals surface area contributed by atoms with Crippen LogP contribution in [0.25, 0.3) is 22.6 Å². The van der Waals surface area contributed by atoms with Crippen molar-refractivity contribution in [2.24, 2.45) is 0 Å². The van der Waals surface area contributed by atoms with Gasteiger partial charge in [-0.1, -0.05) is 24.3 Å². The lowest BCUT2D eigenvalue weighted by Gasteiger charge is -2.08. The summed E-state index contributed by atoms with van der Waals surface area (Å²) in [7, 11) is 1.62. The van der Waals surface area contributed by atoms with Crippen LogP contribution >= 0.6 is 0 Å². The maximum atomic E-state index is 13.0. The van der Waals surface area contributed by atoms with Gasteiger partial charge < -0.3 is 24.9 Å². The van der Waals surface area contributed by atoms with E-state index in [2.05, 4.69) is 15.4 Å². The average Bonchev–Trinajstić information content (AvgIpc) is 3.55. The molecule has 5 rings (SSSR count). The van der Waals surface area contributed by atoms with Crippen molar-refractivity contribution in [3.63, 3.8) is 0 Å². The number of nitriles is 1. The molecule has 3 N–H and O–H groups in total. The van der Waals surface area contributed by atoms with E-state index in [1.54, 1.807) is 23.9 Å². The Hall–Kier alpha value is -5.14. The van der Waals surface area contributed by atoms with Gasteiger partial charge in [0.25, 0.3) is 5.91 Å². The number of hydrogen-bond donors (Lipinski definition) is 3. The molecule has 0 aliphatic rings. The molecular formula is C28H24N6O4. The first kappa shape index (κ1) is 24.5. The molecule has 0 unspecified atom stereocenters. The minimum absolute atomic E-state index is 0.0520. The Morgan fingerprint density at radius 1 is 1.13 bits per heavy atom. The zero-order valence-corrected chi connectivity index (χ0v) is 20.5. The fraction of sp³-hybridized carbons (Fsp3) is 0.143. The second-order valence-electron chi connectivity index (χ2n) is 8.37. The van der Waals surface area contributed by atoms with Crippen LogP contribution < -0.4 is 14.8 Å². The molecule has 0 saturated carbocycles. The van der Waals surface area contributed by atoms with E-state index >= 15 is 0 Å². The Kier molecular flexibility index (Phi) is 7.02. The zero-order chi connectivity index (χ0) is 26.5. The van der Waals surface area contributed by atoms with E-state index in [1.165, 1.54) is 12.1 Å². The van der Waals surface area contributed by atoms with E-state index in [1.807, 2.05) is 54.6 Å². The van der Waals surface area contributed by atoms with Crippen molar-refractivity contribution < 1.29 is 19.4 Å². The monoisotopic (exact) mass is 508 g/mol. The van der Waals surface area contributed by atoms with E-state index in [0.29, 0.717) is 29.6 Å². The minimum atomic E-state index is -0.430. The standard InChI is InChI=1S/C28H24N6O4/c1-37-21-9-6-18(7-10-21)17-34-24(27-30-22-4-2-3-5-23(22)31-27)15-26(33-34)32-28(36)19-8-11-25(38-13-12-35)20(14-19)16-29/h2-11,14-15,35H,12-13,17H2,1H3,(H,30,31)(H,32,33,36). The molecule has 190 valence electrons. The number of aliphatic hydroxyl groups excluding tert-OH is 1. The number of carbonyl (C=O) groups is 1. The first-order chi connectivity index (χ1) is 18.6. The summed E-state index contributed by atoms with van der Waals surface area (Å²) in [4.78, 5) is 21.1. The first-order valence-electron chi connectivity index (χ1n) is 11.8. The highest BCUT2D eigenvalue weighted by atomic mass is 16.5. The number of imidazole rings is 1. The molecule has 0 spiro atoms. The van der Waals surface area contributed by atoms with Crippen LogP contribution in [-0.2, 0) is 6.54 Å². The minimum Gasteiger partial charge on any atom is -0.497 e. The van der Waals surface area contributed by atoms with Gasteiger partial charge in [0.05, 0.1) is 36.9 Å². The van der Waals surface area contributed by atoms with Gasteiger partial charge >= 0.3 is 0 Å². The van der Waals surface area contributed by atoms with Gasteiger partial charge in [0.15, 0.2) is 11.6 Å². The summed E-state index contributed by atoms with van der Waals surface area (Å²) in [6.45, 7) is 0.304.